The van der Waals surface area contributed by atoms with E-state index in [9.17, 15) is 4.79 Å². The van der Waals surface area contributed by atoms with Gasteiger partial charge in [0.2, 0.25) is 5.88 Å². The zero-order valence-electron chi connectivity index (χ0n) is 11.7. The van der Waals surface area contributed by atoms with Gasteiger partial charge < -0.3 is 9.47 Å². The number of aromatic nitrogens is 2. The average Bonchev–Trinajstić information content (AvgIpc) is 2.51. The monoisotopic (exact) mass is 340 g/mol. The lowest BCUT2D eigenvalue weighted by Gasteiger charge is -2.09. The van der Waals surface area contributed by atoms with E-state index in [0.717, 1.165) is 17.1 Å². The zero-order valence-corrected chi connectivity index (χ0v) is 13.3. The van der Waals surface area contributed by atoms with Crippen molar-refractivity contribution in [1.82, 2.24) is 9.97 Å². The number of ether oxygens (including phenoxy) is 2. The number of fused-ring (bicyclic) bond motifs is 1. The van der Waals surface area contributed by atoms with Crippen LogP contribution in [0.4, 0.5) is 0 Å². The quantitative estimate of drug-likeness (QED) is 0.617. The third-order valence-electron chi connectivity index (χ3n) is 2.39. The van der Waals surface area contributed by atoms with Crippen LogP contribution in [0.2, 0.25) is 0 Å². The number of carbonyl (C=O) groups is 1. The lowest BCUT2D eigenvalue weighted by molar-refractivity contribution is 0.112. The summed E-state index contributed by atoms with van der Waals surface area (Å²) in [5.74, 6) is 0.439. The zero-order chi connectivity index (χ0) is 15.0. The summed E-state index contributed by atoms with van der Waals surface area (Å²) in [4.78, 5) is 19.2. The van der Waals surface area contributed by atoms with E-state index in [1.165, 1.54) is 6.20 Å². The number of carbonyl (C=O) groups excluding carboxylic acids is 1. The van der Waals surface area contributed by atoms with Crippen molar-refractivity contribution in [2.45, 2.75) is 13.8 Å². The van der Waals surface area contributed by atoms with Gasteiger partial charge in [-0.05, 0) is 15.9 Å². The van der Waals surface area contributed by atoms with Gasteiger partial charge in [0, 0.05) is 42.0 Å². The van der Waals surface area contributed by atoms with Crippen LogP contribution in [-0.2, 0) is 4.74 Å². The van der Waals surface area contributed by atoms with E-state index in [-0.39, 0.29) is 0 Å². The summed E-state index contributed by atoms with van der Waals surface area (Å²) in [7, 11) is 1.60. The Labute approximate surface area is 126 Å². The number of aldehydes is 1. The Morgan fingerprint density at radius 2 is 2.00 bits per heavy atom. The third kappa shape index (κ3) is 3.74. The Hall–Kier alpha value is -1.53. The van der Waals surface area contributed by atoms with Gasteiger partial charge in [0.15, 0.2) is 6.29 Å². The summed E-state index contributed by atoms with van der Waals surface area (Å²) >= 11 is 3.41. The molecule has 0 N–H and O–H groups in total. The maximum Gasteiger partial charge on any atom is 0.228 e. The van der Waals surface area contributed by atoms with Crippen LogP contribution in [0.1, 0.15) is 24.2 Å². The van der Waals surface area contributed by atoms with Crippen LogP contribution in [0.3, 0.4) is 0 Å². The lowest BCUT2D eigenvalue weighted by atomic mass is 10.1. The molecule has 0 fully saturated rings. The standard InChI is InChI=1S/C12H11BrN2O3.C2H6/c1-17-2-3-18-12-11(13)10-8(6-15-12)4-14-5-9(10)7-16;1-2/h4-7H,2-3H2,1H3;1-2H3. The van der Waals surface area contributed by atoms with Crippen molar-refractivity contribution in [1.29, 1.82) is 0 Å². The molecule has 0 spiro atoms. The van der Waals surface area contributed by atoms with Gasteiger partial charge in [-0.1, -0.05) is 13.8 Å². The first-order chi connectivity index (χ1) is 9.77. The van der Waals surface area contributed by atoms with Crippen LogP contribution < -0.4 is 4.74 Å². The number of pyridine rings is 2. The van der Waals surface area contributed by atoms with Crippen molar-refractivity contribution in [2.75, 3.05) is 20.3 Å². The van der Waals surface area contributed by atoms with Gasteiger partial charge in [0.05, 0.1) is 11.1 Å². The molecule has 2 rings (SSSR count). The molecular weight excluding hydrogens is 324 g/mol. The maximum absolute atomic E-state index is 11.0. The molecular formula is C14H17BrN2O3. The highest BCUT2D eigenvalue weighted by atomic mass is 79.9. The number of methoxy groups -OCH3 is 1. The first-order valence-electron chi connectivity index (χ1n) is 6.27. The summed E-state index contributed by atoms with van der Waals surface area (Å²) in [6.07, 6.45) is 5.55. The lowest BCUT2D eigenvalue weighted by Crippen LogP contribution is -2.06. The van der Waals surface area contributed by atoms with Gasteiger partial charge in [0.1, 0.15) is 6.61 Å². The van der Waals surface area contributed by atoms with E-state index in [1.807, 2.05) is 13.8 Å². The number of nitrogens with zero attached hydrogens (tertiary/aromatic N) is 2. The molecule has 0 aliphatic rings. The predicted octanol–water partition coefficient (Wildman–Crippen LogP) is 3.26. The molecule has 0 aromatic carbocycles. The van der Waals surface area contributed by atoms with Crippen LogP contribution in [-0.4, -0.2) is 36.6 Å². The Balaban J connectivity index is 0.000000956. The summed E-state index contributed by atoms with van der Waals surface area (Å²) in [6.45, 7) is 4.87. The van der Waals surface area contributed by atoms with E-state index in [1.54, 1.807) is 19.5 Å². The van der Waals surface area contributed by atoms with Crippen LogP contribution in [0.25, 0.3) is 10.8 Å². The SMILES string of the molecule is CC.COCCOc1ncc2cncc(C=O)c2c1Br. The summed E-state index contributed by atoms with van der Waals surface area (Å²) in [6, 6.07) is 0. The van der Waals surface area contributed by atoms with Crippen molar-refractivity contribution in [3.8, 4) is 5.88 Å². The first-order valence-corrected chi connectivity index (χ1v) is 7.06. The topological polar surface area (TPSA) is 61.3 Å². The van der Waals surface area contributed by atoms with Gasteiger partial charge in [0.25, 0.3) is 0 Å². The molecule has 0 saturated carbocycles. The molecule has 5 nitrogen and oxygen atoms in total. The van der Waals surface area contributed by atoms with E-state index >= 15 is 0 Å². The van der Waals surface area contributed by atoms with E-state index in [0.29, 0.717) is 29.1 Å². The van der Waals surface area contributed by atoms with Gasteiger partial charge in [-0.2, -0.15) is 0 Å². The van der Waals surface area contributed by atoms with Crippen molar-refractivity contribution in [3.05, 3.63) is 28.6 Å². The van der Waals surface area contributed by atoms with Crippen LogP contribution in [0.5, 0.6) is 5.88 Å². The van der Waals surface area contributed by atoms with E-state index in [2.05, 4.69) is 25.9 Å². The molecule has 20 heavy (non-hydrogen) atoms. The summed E-state index contributed by atoms with van der Waals surface area (Å²) in [5.41, 5.74) is 0.498. The summed E-state index contributed by atoms with van der Waals surface area (Å²) in [5, 5.41) is 1.54. The fraction of sp³-hybridized carbons (Fsp3) is 0.357. The Kier molecular flexibility index (Phi) is 7.11. The van der Waals surface area contributed by atoms with Crippen molar-refractivity contribution < 1.29 is 14.3 Å². The molecule has 0 atom stereocenters. The fourth-order valence-electron chi connectivity index (χ4n) is 1.55. The number of hydrogen-bond acceptors (Lipinski definition) is 5. The smallest absolute Gasteiger partial charge is 0.228 e. The third-order valence-corrected chi connectivity index (χ3v) is 3.12. The molecule has 0 amide bonds. The van der Waals surface area contributed by atoms with Gasteiger partial charge in [-0.15, -0.1) is 0 Å². The molecule has 0 aliphatic carbocycles. The van der Waals surface area contributed by atoms with Crippen LogP contribution in [0.15, 0.2) is 23.1 Å². The molecule has 2 aromatic heterocycles. The average molecular weight is 341 g/mol. The summed E-state index contributed by atoms with van der Waals surface area (Å²) < 4.78 is 11.0. The maximum atomic E-state index is 11.0. The molecule has 0 unspecified atom stereocenters. The van der Waals surface area contributed by atoms with Gasteiger partial charge >= 0.3 is 0 Å². The molecule has 0 saturated heterocycles. The Bertz CT molecular complexity index is 576. The van der Waals surface area contributed by atoms with Crippen molar-refractivity contribution >= 4 is 33.0 Å². The second-order valence-corrected chi connectivity index (χ2v) is 4.32. The predicted molar refractivity (Wildman–Crippen MR) is 81.3 cm³/mol. The minimum absolute atomic E-state index is 0.398. The van der Waals surface area contributed by atoms with Crippen molar-refractivity contribution in [2.24, 2.45) is 0 Å². The fourth-order valence-corrected chi connectivity index (χ4v) is 2.22. The molecule has 2 aromatic rings. The molecule has 2 heterocycles. The van der Waals surface area contributed by atoms with Gasteiger partial charge in [-0.25, -0.2) is 4.98 Å². The second kappa shape index (κ2) is 8.60. The van der Waals surface area contributed by atoms with Crippen molar-refractivity contribution in [3.63, 3.8) is 0 Å². The highest BCUT2D eigenvalue weighted by molar-refractivity contribution is 9.10. The number of rotatable bonds is 5. The largest absolute Gasteiger partial charge is 0.474 e. The molecule has 0 aliphatic heterocycles. The van der Waals surface area contributed by atoms with Crippen LogP contribution in [0, 0.1) is 0 Å². The molecule has 0 radical (unpaired) electrons. The normalized spacial score (nSPS) is 9.80. The van der Waals surface area contributed by atoms with Gasteiger partial charge in [-0.3, -0.25) is 9.78 Å². The molecule has 108 valence electrons. The number of halogens is 1. The second-order valence-electron chi connectivity index (χ2n) is 3.53. The molecule has 0 bridgehead atoms. The van der Waals surface area contributed by atoms with E-state index in [4.69, 9.17) is 9.47 Å². The minimum Gasteiger partial charge on any atom is -0.474 e. The number of hydrogen-bond donors (Lipinski definition) is 0. The van der Waals surface area contributed by atoms with E-state index < -0.39 is 0 Å². The first kappa shape index (κ1) is 16.5. The molecule has 6 heteroatoms. The Morgan fingerprint density at radius 1 is 1.25 bits per heavy atom. The minimum atomic E-state index is 0.398. The highest BCUT2D eigenvalue weighted by Gasteiger charge is 2.11. The van der Waals surface area contributed by atoms with Crippen LogP contribution >= 0.6 is 15.9 Å². The highest BCUT2D eigenvalue weighted by Crippen LogP contribution is 2.32. The Morgan fingerprint density at radius 3 is 2.65 bits per heavy atom.